The van der Waals surface area contributed by atoms with Crippen LogP contribution >= 0.6 is 0 Å². The van der Waals surface area contributed by atoms with Crippen molar-refractivity contribution in [2.24, 2.45) is 5.41 Å². The van der Waals surface area contributed by atoms with E-state index in [0.29, 0.717) is 11.5 Å². The van der Waals surface area contributed by atoms with E-state index in [-0.39, 0.29) is 0 Å². The summed E-state index contributed by atoms with van der Waals surface area (Å²) in [7, 11) is 2.23. The van der Waals surface area contributed by atoms with Crippen molar-refractivity contribution in [3.05, 3.63) is 0 Å². The van der Waals surface area contributed by atoms with Crippen molar-refractivity contribution < 1.29 is 4.74 Å². The molecule has 2 rings (SSSR count). The lowest BCUT2D eigenvalue weighted by molar-refractivity contribution is 0.0461. The van der Waals surface area contributed by atoms with Crippen LogP contribution in [0.1, 0.15) is 26.7 Å². The summed E-state index contributed by atoms with van der Waals surface area (Å²) in [4.78, 5) is 5.11. The predicted molar refractivity (Wildman–Crippen MR) is 79.6 cm³/mol. The summed E-state index contributed by atoms with van der Waals surface area (Å²) in [6, 6.07) is 0.669. The lowest BCUT2D eigenvalue weighted by Crippen LogP contribution is -2.55. The lowest BCUT2D eigenvalue weighted by atomic mass is 9.85. The summed E-state index contributed by atoms with van der Waals surface area (Å²) in [5, 5.41) is 3.61. The Morgan fingerprint density at radius 3 is 2.84 bits per heavy atom. The molecule has 112 valence electrons. The summed E-state index contributed by atoms with van der Waals surface area (Å²) in [5.41, 5.74) is 0.347. The maximum absolute atomic E-state index is 5.71. The third-order valence-electron chi connectivity index (χ3n) is 4.62. The molecule has 2 heterocycles. The first-order valence-corrected chi connectivity index (χ1v) is 7.86. The highest BCUT2D eigenvalue weighted by atomic mass is 16.5. The van der Waals surface area contributed by atoms with Gasteiger partial charge in [-0.2, -0.15) is 0 Å². The summed E-state index contributed by atoms with van der Waals surface area (Å²) >= 11 is 0. The quantitative estimate of drug-likeness (QED) is 0.729. The van der Waals surface area contributed by atoms with Gasteiger partial charge in [-0.05, 0) is 33.4 Å². The molecule has 0 aromatic carbocycles. The van der Waals surface area contributed by atoms with Crippen LogP contribution in [0, 0.1) is 5.41 Å². The zero-order valence-electron chi connectivity index (χ0n) is 13.0. The number of nitrogens with one attached hydrogen (secondary N) is 1. The highest BCUT2D eigenvalue weighted by Gasteiger charge is 2.38. The molecule has 2 unspecified atom stereocenters. The highest BCUT2D eigenvalue weighted by Crippen LogP contribution is 2.30. The molecule has 1 N–H and O–H groups in total. The van der Waals surface area contributed by atoms with E-state index in [0.717, 1.165) is 26.3 Å². The second-order valence-electron chi connectivity index (χ2n) is 6.56. The van der Waals surface area contributed by atoms with Gasteiger partial charge in [0.2, 0.25) is 0 Å². The number of hydrogen-bond acceptors (Lipinski definition) is 4. The molecule has 0 aliphatic carbocycles. The van der Waals surface area contributed by atoms with Crippen molar-refractivity contribution in [2.45, 2.75) is 32.7 Å². The molecular weight excluding hydrogens is 238 g/mol. The Balaban J connectivity index is 1.88. The molecule has 4 nitrogen and oxygen atoms in total. The summed E-state index contributed by atoms with van der Waals surface area (Å²) in [5.74, 6) is 0. The molecule has 4 heteroatoms. The first-order valence-electron chi connectivity index (χ1n) is 7.86. The van der Waals surface area contributed by atoms with Crippen LogP contribution in [-0.2, 0) is 4.74 Å². The van der Waals surface area contributed by atoms with E-state index in [9.17, 15) is 0 Å². The van der Waals surface area contributed by atoms with Crippen molar-refractivity contribution in [3.63, 3.8) is 0 Å². The molecule has 2 fully saturated rings. The van der Waals surface area contributed by atoms with E-state index in [2.05, 4.69) is 36.0 Å². The minimum Gasteiger partial charge on any atom is -0.381 e. The number of piperazine rings is 1. The van der Waals surface area contributed by atoms with Gasteiger partial charge in [0.15, 0.2) is 0 Å². The van der Waals surface area contributed by atoms with Crippen LogP contribution in [0.3, 0.4) is 0 Å². The van der Waals surface area contributed by atoms with Gasteiger partial charge in [0, 0.05) is 50.8 Å². The van der Waals surface area contributed by atoms with E-state index in [1.54, 1.807) is 0 Å². The Labute approximate surface area is 118 Å². The van der Waals surface area contributed by atoms with E-state index >= 15 is 0 Å². The molecule has 0 spiro atoms. The van der Waals surface area contributed by atoms with Crippen molar-refractivity contribution >= 4 is 0 Å². The van der Waals surface area contributed by atoms with Crippen LogP contribution in [0.4, 0.5) is 0 Å². The summed E-state index contributed by atoms with van der Waals surface area (Å²) in [6.07, 6.45) is 2.42. The first-order chi connectivity index (χ1) is 9.15. The number of hydrogen-bond donors (Lipinski definition) is 1. The fraction of sp³-hybridized carbons (Fsp3) is 1.00. The SMILES string of the molecule is CCCNCC1(CN2CCN(C)CC2C)CCOC1. The Morgan fingerprint density at radius 1 is 1.37 bits per heavy atom. The fourth-order valence-electron chi connectivity index (χ4n) is 3.34. The van der Waals surface area contributed by atoms with E-state index in [1.807, 2.05) is 0 Å². The predicted octanol–water partition coefficient (Wildman–Crippen LogP) is 1.03. The van der Waals surface area contributed by atoms with Crippen LogP contribution in [0.2, 0.25) is 0 Å². The van der Waals surface area contributed by atoms with Gasteiger partial charge >= 0.3 is 0 Å². The molecule has 0 radical (unpaired) electrons. The fourth-order valence-corrected chi connectivity index (χ4v) is 3.34. The van der Waals surface area contributed by atoms with Crippen molar-refractivity contribution in [2.75, 3.05) is 59.5 Å². The van der Waals surface area contributed by atoms with Gasteiger partial charge in [-0.3, -0.25) is 4.90 Å². The molecule has 0 bridgehead atoms. The zero-order valence-corrected chi connectivity index (χ0v) is 13.0. The third kappa shape index (κ3) is 4.15. The zero-order chi connectivity index (χ0) is 13.7. The lowest BCUT2D eigenvalue weighted by Gasteiger charge is -2.43. The van der Waals surface area contributed by atoms with Crippen LogP contribution in [0.5, 0.6) is 0 Å². The minimum absolute atomic E-state index is 0.347. The highest BCUT2D eigenvalue weighted by molar-refractivity contribution is 4.91. The second-order valence-corrected chi connectivity index (χ2v) is 6.56. The van der Waals surface area contributed by atoms with E-state index < -0.39 is 0 Å². The molecule has 2 aliphatic heterocycles. The number of likely N-dealkylation sites (N-methyl/N-ethyl adjacent to an activating group) is 1. The largest absolute Gasteiger partial charge is 0.381 e. The third-order valence-corrected chi connectivity index (χ3v) is 4.62. The molecule has 2 aliphatic rings. The van der Waals surface area contributed by atoms with Gasteiger partial charge in [0.05, 0.1) is 6.61 Å². The van der Waals surface area contributed by atoms with Crippen molar-refractivity contribution in [3.8, 4) is 0 Å². The summed E-state index contributed by atoms with van der Waals surface area (Å²) in [6.45, 7) is 13.5. The number of nitrogens with zero attached hydrogens (tertiary/aromatic N) is 2. The average molecular weight is 269 g/mol. The smallest absolute Gasteiger partial charge is 0.0547 e. The monoisotopic (exact) mass is 269 g/mol. The van der Waals surface area contributed by atoms with Crippen molar-refractivity contribution in [1.82, 2.24) is 15.1 Å². The molecule has 2 atom stereocenters. The minimum atomic E-state index is 0.347. The molecule has 0 amide bonds. The maximum Gasteiger partial charge on any atom is 0.0547 e. The topological polar surface area (TPSA) is 27.7 Å². The normalized spacial score (nSPS) is 33.9. The van der Waals surface area contributed by atoms with E-state index in [1.165, 1.54) is 39.0 Å². The van der Waals surface area contributed by atoms with Crippen LogP contribution in [-0.4, -0.2) is 75.4 Å². The Bertz CT molecular complexity index is 266. The molecular formula is C15H31N3O. The first kappa shape index (κ1) is 15.2. The Hall–Kier alpha value is -0.160. The van der Waals surface area contributed by atoms with E-state index in [4.69, 9.17) is 4.74 Å². The van der Waals surface area contributed by atoms with Gasteiger partial charge in [0.25, 0.3) is 0 Å². The van der Waals surface area contributed by atoms with Gasteiger partial charge in [-0.15, -0.1) is 0 Å². The number of rotatable bonds is 6. The van der Waals surface area contributed by atoms with Gasteiger partial charge in [0.1, 0.15) is 0 Å². The van der Waals surface area contributed by atoms with Gasteiger partial charge in [-0.1, -0.05) is 6.92 Å². The molecule has 0 aromatic heterocycles. The molecule has 0 aromatic rings. The van der Waals surface area contributed by atoms with Crippen LogP contribution < -0.4 is 5.32 Å². The van der Waals surface area contributed by atoms with Crippen LogP contribution in [0.25, 0.3) is 0 Å². The Kier molecular flexibility index (Phi) is 5.63. The number of ether oxygens (including phenoxy) is 1. The molecule has 2 saturated heterocycles. The average Bonchev–Trinajstić information content (AvgIpc) is 2.82. The maximum atomic E-state index is 5.71. The molecule has 19 heavy (non-hydrogen) atoms. The second kappa shape index (κ2) is 7.02. The Morgan fingerprint density at radius 2 is 2.21 bits per heavy atom. The molecule has 0 saturated carbocycles. The summed E-state index contributed by atoms with van der Waals surface area (Å²) < 4.78 is 5.71. The standard InChI is InChI=1S/C15H31N3O/c1-4-6-16-11-15(5-9-19-13-15)12-18-8-7-17(3)10-14(18)2/h14,16H,4-13H2,1-3H3. The van der Waals surface area contributed by atoms with Gasteiger partial charge < -0.3 is 15.0 Å². The van der Waals surface area contributed by atoms with Crippen LogP contribution in [0.15, 0.2) is 0 Å². The van der Waals surface area contributed by atoms with Crippen molar-refractivity contribution in [1.29, 1.82) is 0 Å². The van der Waals surface area contributed by atoms with Gasteiger partial charge in [-0.25, -0.2) is 0 Å².